The standard InChI is InChI=1S/C27H19Br2N5O2/c28-22-14-23(29)27(26-21(22)12-7-13-30-26)36-17-24(35)32-31-15-19-16-34(20-10-5-2-6-11-20)33-25(19)18-8-3-1-4-9-18/h1-16H,17H2,(H,32,35). The second kappa shape index (κ2) is 10.8. The Balaban J connectivity index is 1.32. The van der Waals surface area contributed by atoms with Gasteiger partial charge in [-0.25, -0.2) is 10.1 Å². The summed E-state index contributed by atoms with van der Waals surface area (Å²) in [6.07, 6.45) is 5.14. The molecular formula is C27H19Br2N5O2. The van der Waals surface area contributed by atoms with Crippen LogP contribution in [0.25, 0.3) is 27.8 Å². The molecule has 36 heavy (non-hydrogen) atoms. The number of amides is 1. The molecule has 0 bridgehead atoms. The Hall–Kier alpha value is -3.82. The number of nitrogens with zero attached hydrogens (tertiary/aromatic N) is 4. The van der Waals surface area contributed by atoms with E-state index in [9.17, 15) is 4.79 Å². The molecule has 1 N–H and O–H groups in total. The van der Waals surface area contributed by atoms with E-state index in [-0.39, 0.29) is 6.61 Å². The van der Waals surface area contributed by atoms with Crippen molar-refractivity contribution in [3.63, 3.8) is 0 Å². The molecule has 3 aromatic carbocycles. The lowest BCUT2D eigenvalue weighted by Crippen LogP contribution is -2.24. The smallest absolute Gasteiger partial charge is 0.277 e. The van der Waals surface area contributed by atoms with Gasteiger partial charge < -0.3 is 4.74 Å². The molecule has 0 aliphatic rings. The summed E-state index contributed by atoms with van der Waals surface area (Å²) < 4.78 is 9.15. The number of hydrogen-bond acceptors (Lipinski definition) is 5. The molecule has 0 radical (unpaired) electrons. The first-order valence-corrected chi connectivity index (χ1v) is 12.6. The van der Waals surface area contributed by atoms with Gasteiger partial charge in [0.1, 0.15) is 11.2 Å². The number of halogens is 2. The van der Waals surface area contributed by atoms with Gasteiger partial charge in [0, 0.05) is 33.4 Å². The van der Waals surface area contributed by atoms with Crippen molar-refractivity contribution in [2.75, 3.05) is 6.61 Å². The van der Waals surface area contributed by atoms with Crippen LogP contribution in [0.2, 0.25) is 0 Å². The Morgan fingerprint density at radius 3 is 2.53 bits per heavy atom. The molecule has 1 amide bonds. The minimum absolute atomic E-state index is 0.224. The van der Waals surface area contributed by atoms with Gasteiger partial charge in [0.05, 0.1) is 16.4 Å². The highest BCUT2D eigenvalue weighted by Crippen LogP contribution is 2.37. The van der Waals surface area contributed by atoms with Crippen molar-refractivity contribution in [2.45, 2.75) is 0 Å². The minimum atomic E-state index is -0.401. The Morgan fingerprint density at radius 1 is 1.00 bits per heavy atom. The first-order chi connectivity index (χ1) is 17.6. The first-order valence-electron chi connectivity index (χ1n) is 11.0. The zero-order valence-corrected chi connectivity index (χ0v) is 22.0. The maximum atomic E-state index is 12.5. The monoisotopic (exact) mass is 603 g/mol. The molecule has 0 fully saturated rings. The van der Waals surface area contributed by atoms with Crippen molar-refractivity contribution in [1.29, 1.82) is 0 Å². The largest absolute Gasteiger partial charge is 0.480 e. The number of fused-ring (bicyclic) bond motifs is 1. The van der Waals surface area contributed by atoms with Crippen LogP contribution in [0.4, 0.5) is 0 Å². The molecule has 0 atom stereocenters. The van der Waals surface area contributed by atoms with Crippen LogP contribution in [-0.4, -0.2) is 33.5 Å². The van der Waals surface area contributed by atoms with Gasteiger partial charge in [0.15, 0.2) is 12.4 Å². The van der Waals surface area contributed by atoms with Crippen LogP contribution in [0.3, 0.4) is 0 Å². The van der Waals surface area contributed by atoms with Gasteiger partial charge >= 0.3 is 0 Å². The van der Waals surface area contributed by atoms with Crippen molar-refractivity contribution in [2.24, 2.45) is 5.10 Å². The minimum Gasteiger partial charge on any atom is -0.480 e. The van der Waals surface area contributed by atoms with Crippen molar-refractivity contribution in [3.8, 4) is 22.7 Å². The van der Waals surface area contributed by atoms with Crippen LogP contribution in [0, 0.1) is 0 Å². The SMILES string of the molecule is O=C(COc1c(Br)cc(Br)c2cccnc12)NN=Cc1cn(-c2ccccc2)nc1-c1ccccc1. The van der Waals surface area contributed by atoms with Crippen LogP contribution in [-0.2, 0) is 4.79 Å². The predicted octanol–water partition coefficient (Wildman–Crippen LogP) is 6.14. The third-order valence-electron chi connectivity index (χ3n) is 5.30. The fourth-order valence-corrected chi connectivity index (χ4v) is 5.03. The van der Waals surface area contributed by atoms with E-state index >= 15 is 0 Å². The highest BCUT2D eigenvalue weighted by atomic mass is 79.9. The van der Waals surface area contributed by atoms with Gasteiger partial charge in [-0.05, 0) is 40.2 Å². The van der Waals surface area contributed by atoms with Gasteiger partial charge in [-0.1, -0.05) is 70.5 Å². The number of carbonyl (C=O) groups excluding carboxylic acids is 1. The van der Waals surface area contributed by atoms with E-state index in [0.29, 0.717) is 15.7 Å². The number of ether oxygens (including phenoxy) is 1. The van der Waals surface area contributed by atoms with Crippen LogP contribution < -0.4 is 10.2 Å². The number of hydrazone groups is 1. The van der Waals surface area contributed by atoms with Crippen LogP contribution in [0.5, 0.6) is 5.75 Å². The lowest BCUT2D eigenvalue weighted by atomic mass is 10.1. The summed E-state index contributed by atoms with van der Waals surface area (Å²) in [5, 5.41) is 9.78. The number of nitrogens with one attached hydrogen (secondary N) is 1. The van der Waals surface area contributed by atoms with Gasteiger partial charge in [-0.3, -0.25) is 9.78 Å². The summed E-state index contributed by atoms with van der Waals surface area (Å²) in [7, 11) is 0. The van der Waals surface area contributed by atoms with E-state index < -0.39 is 5.91 Å². The average molecular weight is 605 g/mol. The first kappa shape index (κ1) is 23.9. The number of para-hydroxylation sites is 1. The summed E-state index contributed by atoms with van der Waals surface area (Å²) in [5.41, 5.74) is 6.57. The Bertz CT molecular complexity index is 1550. The number of rotatable bonds is 7. The molecule has 0 unspecified atom stereocenters. The molecule has 2 aromatic heterocycles. The molecular weight excluding hydrogens is 586 g/mol. The second-order valence-electron chi connectivity index (χ2n) is 7.73. The van der Waals surface area contributed by atoms with Crippen molar-refractivity contribution >= 4 is 54.9 Å². The Morgan fingerprint density at radius 2 is 1.75 bits per heavy atom. The van der Waals surface area contributed by atoms with Crippen LogP contribution >= 0.6 is 31.9 Å². The molecule has 178 valence electrons. The molecule has 2 heterocycles. The molecule has 5 aromatic rings. The molecule has 9 heteroatoms. The number of aromatic nitrogens is 3. The molecule has 5 rings (SSSR count). The van der Waals surface area contributed by atoms with E-state index in [1.165, 1.54) is 0 Å². The Labute approximate surface area is 224 Å². The molecule has 0 spiro atoms. The summed E-state index contributed by atoms with van der Waals surface area (Å²) in [4.78, 5) is 16.9. The number of benzene rings is 3. The zero-order valence-electron chi connectivity index (χ0n) is 18.8. The summed E-state index contributed by atoms with van der Waals surface area (Å²) in [5.74, 6) is 0.0882. The lowest BCUT2D eigenvalue weighted by molar-refractivity contribution is -0.123. The van der Waals surface area contributed by atoms with Crippen molar-refractivity contribution in [3.05, 3.63) is 106 Å². The van der Waals surface area contributed by atoms with Gasteiger partial charge in [-0.15, -0.1) is 0 Å². The fourth-order valence-electron chi connectivity index (χ4n) is 3.64. The lowest BCUT2D eigenvalue weighted by Gasteiger charge is -2.11. The molecule has 0 aliphatic carbocycles. The highest BCUT2D eigenvalue weighted by molar-refractivity contribution is 9.11. The zero-order chi connectivity index (χ0) is 24.9. The van der Waals surface area contributed by atoms with Crippen LogP contribution in [0.15, 0.2) is 105 Å². The van der Waals surface area contributed by atoms with Gasteiger partial charge in [0.2, 0.25) is 0 Å². The maximum Gasteiger partial charge on any atom is 0.277 e. The summed E-state index contributed by atoms with van der Waals surface area (Å²) in [6, 6.07) is 25.3. The third-order valence-corrected chi connectivity index (χ3v) is 6.55. The quantitative estimate of drug-likeness (QED) is 0.179. The highest BCUT2D eigenvalue weighted by Gasteiger charge is 2.14. The second-order valence-corrected chi connectivity index (χ2v) is 9.44. The molecule has 0 saturated heterocycles. The van der Waals surface area contributed by atoms with E-state index in [0.717, 1.165) is 32.4 Å². The average Bonchev–Trinajstić information content (AvgIpc) is 3.34. The fraction of sp³-hybridized carbons (Fsp3) is 0.0370. The summed E-state index contributed by atoms with van der Waals surface area (Å²) >= 11 is 7.01. The number of carbonyl (C=O) groups is 1. The number of pyridine rings is 1. The molecule has 0 aliphatic heterocycles. The summed E-state index contributed by atoms with van der Waals surface area (Å²) in [6.45, 7) is -0.224. The van der Waals surface area contributed by atoms with Crippen molar-refractivity contribution in [1.82, 2.24) is 20.2 Å². The maximum absolute atomic E-state index is 12.5. The van der Waals surface area contributed by atoms with Gasteiger partial charge in [0.25, 0.3) is 5.91 Å². The van der Waals surface area contributed by atoms with E-state index in [1.54, 1.807) is 17.1 Å². The van der Waals surface area contributed by atoms with Crippen molar-refractivity contribution < 1.29 is 9.53 Å². The van der Waals surface area contributed by atoms with E-state index in [2.05, 4.69) is 47.4 Å². The predicted molar refractivity (Wildman–Crippen MR) is 147 cm³/mol. The van der Waals surface area contributed by atoms with E-state index in [1.807, 2.05) is 85.1 Å². The van der Waals surface area contributed by atoms with Gasteiger partial charge in [-0.2, -0.15) is 10.2 Å². The molecule has 0 saturated carbocycles. The molecule has 7 nitrogen and oxygen atoms in total. The number of hydrogen-bond donors (Lipinski definition) is 1. The third kappa shape index (κ3) is 5.22. The van der Waals surface area contributed by atoms with Crippen LogP contribution in [0.1, 0.15) is 5.56 Å². The van der Waals surface area contributed by atoms with E-state index in [4.69, 9.17) is 9.84 Å². The Kier molecular flexibility index (Phi) is 7.20. The topological polar surface area (TPSA) is 81.4 Å². The normalized spacial score (nSPS) is 11.2.